The smallest absolute Gasteiger partial charge is 0.217 e. The average Bonchev–Trinajstić information content (AvgIpc) is 2.22. The fraction of sp³-hybridized carbons (Fsp3) is 0.857. The van der Waals surface area contributed by atoms with Gasteiger partial charge in [-0.15, -0.1) is 0 Å². The summed E-state index contributed by atoms with van der Waals surface area (Å²) in [7, 11) is 0. The minimum Gasteiger partial charge on any atom is -0.388 e. The molecular formula is C7H13NO5. The number of rotatable bonds is 1. The van der Waals surface area contributed by atoms with Gasteiger partial charge in [0.25, 0.3) is 0 Å². The summed E-state index contributed by atoms with van der Waals surface area (Å²) in [5.74, 6) is -0.440. The molecule has 6 nitrogen and oxygen atoms in total. The fourth-order valence-electron chi connectivity index (χ4n) is 1.44. The van der Waals surface area contributed by atoms with Gasteiger partial charge in [-0.3, -0.25) is 4.79 Å². The molecule has 1 aliphatic rings. The lowest BCUT2D eigenvalue weighted by atomic mass is 10.2. The Bertz CT molecular complexity index is 195. The van der Waals surface area contributed by atoms with E-state index in [9.17, 15) is 15.0 Å². The Hall–Kier alpha value is -0.690. The Morgan fingerprint density at radius 1 is 1.00 bits per heavy atom. The van der Waals surface area contributed by atoms with Crippen LogP contribution in [0.4, 0.5) is 0 Å². The van der Waals surface area contributed by atoms with Crippen LogP contribution in [0.25, 0.3) is 0 Å². The number of aliphatic hydroxyl groups is 4. The van der Waals surface area contributed by atoms with E-state index in [1.54, 1.807) is 0 Å². The van der Waals surface area contributed by atoms with Gasteiger partial charge in [-0.2, -0.15) is 0 Å². The molecule has 4 unspecified atom stereocenters. The molecule has 76 valence electrons. The van der Waals surface area contributed by atoms with E-state index in [0.29, 0.717) is 0 Å². The van der Waals surface area contributed by atoms with Crippen LogP contribution in [0, 0.1) is 0 Å². The second-order valence-corrected chi connectivity index (χ2v) is 3.19. The summed E-state index contributed by atoms with van der Waals surface area (Å²) in [6, 6.07) is -1.01. The van der Waals surface area contributed by atoms with Gasteiger partial charge in [0, 0.05) is 6.92 Å². The molecule has 0 aromatic heterocycles. The van der Waals surface area contributed by atoms with Crippen molar-refractivity contribution in [2.75, 3.05) is 0 Å². The largest absolute Gasteiger partial charge is 0.388 e. The highest BCUT2D eigenvalue weighted by atomic mass is 16.4. The summed E-state index contributed by atoms with van der Waals surface area (Å²) in [6.07, 6.45) is -5.53. The van der Waals surface area contributed by atoms with Crippen LogP contribution in [0.15, 0.2) is 0 Å². The minimum atomic E-state index is -1.42. The maximum absolute atomic E-state index is 10.6. The summed E-state index contributed by atoms with van der Waals surface area (Å²) in [6.45, 7) is 1.22. The number of amides is 1. The van der Waals surface area contributed by atoms with Gasteiger partial charge in [0.1, 0.15) is 24.4 Å². The zero-order valence-corrected chi connectivity index (χ0v) is 7.08. The fourth-order valence-corrected chi connectivity index (χ4v) is 1.44. The van der Waals surface area contributed by atoms with E-state index in [0.717, 1.165) is 0 Å². The van der Waals surface area contributed by atoms with Crippen molar-refractivity contribution in [1.82, 2.24) is 5.32 Å². The molecule has 1 aliphatic carbocycles. The maximum atomic E-state index is 10.6. The second kappa shape index (κ2) is 3.59. The van der Waals surface area contributed by atoms with Gasteiger partial charge in [-0.25, -0.2) is 0 Å². The number of hydrogen-bond donors (Lipinski definition) is 5. The van der Waals surface area contributed by atoms with Gasteiger partial charge in [0.05, 0.1) is 6.04 Å². The molecule has 0 bridgehead atoms. The Balaban J connectivity index is 2.69. The van der Waals surface area contributed by atoms with E-state index in [4.69, 9.17) is 10.2 Å². The monoisotopic (exact) mass is 191 g/mol. The molecule has 0 heterocycles. The van der Waals surface area contributed by atoms with Crippen LogP contribution >= 0.6 is 0 Å². The Morgan fingerprint density at radius 3 is 1.69 bits per heavy atom. The van der Waals surface area contributed by atoms with Crippen molar-refractivity contribution in [3.8, 4) is 0 Å². The first-order chi connectivity index (χ1) is 5.95. The molecule has 1 rings (SSSR count). The van der Waals surface area contributed by atoms with Crippen LogP contribution in [0.3, 0.4) is 0 Å². The van der Waals surface area contributed by atoms with E-state index < -0.39 is 36.4 Å². The molecule has 0 aliphatic heterocycles. The predicted octanol–water partition coefficient (Wildman–Crippen LogP) is -3.05. The van der Waals surface area contributed by atoms with Gasteiger partial charge >= 0.3 is 0 Å². The first-order valence-corrected chi connectivity index (χ1v) is 3.94. The molecule has 6 heteroatoms. The third-order valence-corrected chi connectivity index (χ3v) is 2.16. The zero-order valence-electron chi connectivity index (χ0n) is 7.08. The molecule has 1 amide bonds. The van der Waals surface area contributed by atoms with E-state index in [1.807, 2.05) is 0 Å². The lowest BCUT2D eigenvalue weighted by molar-refractivity contribution is -0.121. The van der Waals surface area contributed by atoms with Crippen LogP contribution in [-0.4, -0.2) is 56.8 Å². The summed E-state index contributed by atoms with van der Waals surface area (Å²) in [5, 5.41) is 39.0. The lowest BCUT2D eigenvalue weighted by Crippen LogP contribution is -2.47. The van der Waals surface area contributed by atoms with Crippen molar-refractivity contribution in [3.63, 3.8) is 0 Å². The van der Waals surface area contributed by atoms with Crippen molar-refractivity contribution >= 4 is 5.91 Å². The third kappa shape index (κ3) is 1.80. The van der Waals surface area contributed by atoms with Gasteiger partial charge in [-0.1, -0.05) is 0 Å². The second-order valence-electron chi connectivity index (χ2n) is 3.19. The van der Waals surface area contributed by atoms with Crippen LogP contribution in [0.5, 0.6) is 0 Å². The zero-order chi connectivity index (χ0) is 10.2. The van der Waals surface area contributed by atoms with E-state index >= 15 is 0 Å². The highest BCUT2D eigenvalue weighted by Gasteiger charge is 2.48. The van der Waals surface area contributed by atoms with Crippen molar-refractivity contribution in [1.29, 1.82) is 0 Å². The van der Waals surface area contributed by atoms with Crippen LogP contribution in [0.1, 0.15) is 6.92 Å². The summed E-state index contributed by atoms with van der Waals surface area (Å²) >= 11 is 0. The van der Waals surface area contributed by atoms with Gasteiger partial charge in [-0.05, 0) is 0 Å². The number of carbonyl (C=O) groups is 1. The first-order valence-electron chi connectivity index (χ1n) is 3.94. The molecule has 0 aromatic rings. The molecule has 4 atom stereocenters. The highest BCUT2D eigenvalue weighted by Crippen LogP contribution is 2.21. The van der Waals surface area contributed by atoms with Crippen LogP contribution in [0.2, 0.25) is 0 Å². The Morgan fingerprint density at radius 2 is 1.38 bits per heavy atom. The Labute approximate surface area is 74.8 Å². The summed E-state index contributed by atoms with van der Waals surface area (Å²) in [5.41, 5.74) is 0. The van der Waals surface area contributed by atoms with Crippen molar-refractivity contribution in [3.05, 3.63) is 0 Å². The molecule has 0 spiro atoms. The van der Waals surface area contributed by atoms with E-state index in [-0.39, 0.29) is 0 Å². The van der Waals surface area contributed by atoms with Crippen LogP contribution < -0.4 is 5.32 Å². The first kappa shape index (κ1) is 10.4. The standard InChI is InChI=1S/C7H13NO5/c1-2(9)8-3-4(10)6(12)7(13)5(3)11/h3-7,10-13H,1H3,(H,8,9). The SMILES string of the molecule is CC(=O)NC1C(O)C(O)C(O)C1O. The minimum absolute atomic E-state index is 0.440. The Kier molecular flexibility index (Phi) is 2.87. The van der Waals surface area contributed by atoms with Crippen molar-refractivity contribution in [2.24, 2.45) is 0 Å². The predicted molar refractivity (Wildman–Crippen MR) is 41.6 cm³/mol. The van der Waals surface area contributed by atoms with E-state index in [2.05, 4.69) is 5.32 Å². The number of aliphatic hydroxyl groups excluding tert-OH is 4. The highest BCUT2D eigenvalue weighted by molar-refractivity contribution is 5.73. The molecule has 1 saturated carbocycles. The van der Waals surface area contributed by atoms with Crippen molar-refractivity contribution in [2.45, 2.75) is 37.4 Å². The molecular weight excluding hydrogens is 178 g/mol. The maximum Gasteiger partial charge on any atom is 0.217 e. The average molecular weight is 191 g/mol. The molecule has 1 fully saturated rings. The molecule has 0 radical (unpaired) electrons. The molecule has 13 heavy (non-hydrogen) atoms. The lowest BCUT2D eigenvalue weighted by Gasteiger charge is -2.18. The van der Waals surface area contributed by atoms with Gasteiger partial charge < -0.3 is 25.7 Å². The summed E-state index contributed by atoms with van der Waals surface area (Å²) < 4.78 is 0. The van der Waals surface area contributed by atoms with Gasteiger partial charge in [0.2, 0.25) is 5.91 Å². The van der Waals surface area contributed by atoms with Crippen molar-refractivity contribution < 1.29 is 25.2 Å². The third-order valence-electron chi connectivity index (χ3n) is 2.16. The number of carbonyl (C=O) groups excluding carboxylic acids is 1. The quantitative estimate of drug-likeness (QED) is 0.302. The summed E-state index contributed by atoms with van der Waals surface area (Å²) in [4.78, 5) is 10.6. The normalized spacial score (nSPS) is 44.8. The van der Waals surface area contributed by atoms with E-state index in [1.165, 1.54) is 6.92 Å². The van der Waals surface area contributed by atoms with Crippen LogP contribution in [-0.2, 0) is 4.79 Å². The molecule has 5 N–H and O–H groups in total. The topological polar surface area (TPSA) is 110 Å². The molecule has 0 aromatic carbocycles. The number of nitrogens with one attached hydrogen (secondary N) is 1. The number of hydrogen-bond acceptors (Lipinski definition) is 5. The van der Waals surface area contributed by atoms with Gasteiger partial charge in [0.15, 0.2) is 0 Å². The molecule has 0 saturated heterocycles.